The lowest BCUT2D eigenvalue weighted by molar-refractivity contribution is 0.112. The first-order chi connectivity index (χ1) is 8.63. The monoisotopic (exact) mass is 241 g/mol. The molecule has 0 atom stereocenters. The van der Waals surface area contributed by atoms with E-state index >= 15 is 0 Å². The molecule has 1 aromatic heterocycles. The van der Waals surface area contributed by atoms with Crippen LogP contribution in [0.25, 0.3) is 0 Å². The van der Waals surface area contributed by atoms with Crippen molar-refractivity contribution < 1.29 is 9.53 Å². The van der Waals surface area contributed by atoms with Gasteiger partial charge < -0.3 is 4.74 Å². The van der Waals surface area contributed by atoms with E-state index in [1.807, 2.05) is 26.8 Å². The Morgan fingerprint density at radius 3 is 2.56 bits per heavy atom. The van der Waals surface area contributed by atoms with Crippen LogP contribution in [0.3, 0.4) is 0 Å². The van der Waals surface area contributed by atoms with Gasteiger partial charge >= 0.3 is 0 Å². The highest BCUT2D eigenvalue weighted by Crippen LogP contribution is 2.30. The molecule has 0 aliphatic heterocycles. The smallest absolute Gasteiger partial charge is 0.229 e. The first kappa shape index (κ1) is 12.3. The van der Waals surface area contributed by atoms with E-state index in [4.69, 9.17) is 4.74 Å². The number of aromatic nitrogens is 1. The van der Waals surface area contributed by atoms with Crippen molar-refractivity contribution >= 4 is 6.29 Å². The SMILES string of the molecule is Cc1ccc(C)c(Oc2ncccc2C=O)c1C. The fourth-order valence-corrected chi connectivity index (χ4v) is 1.76. The third kappa shape index (κ3) is 2.25. The number of hydrogen-bond donors (Lipinski definition) is 0. The van der Waals surface area contributed by atoms with Crippen LogP contribution in [0.5, 0.6) is 11.6 Å². The Hall–Kier alpha value is -2.16. The molecular formula is C15H15NO2. The molecule has 0 saturated carbocycles. The molecule has 0 saturated heterocycles. The van der Waals surface area contributed by atoms with Gasteiger partial charge in [-0.15, -0.1) is 0 Å². The fraction of sp³-hybridized carbons (Fsp3) is 0.200. The first-order valence-corrected chi connectivity index (χ1v) is 5.78. The second-order valence-corrected chi connectivity index (χ2v) is 4.27. The number of aldehydes is 1. The number of carbonyl (C=O) groups is 1. The van der Waals surface area contributed by atoms with Crippen LogP contribution in [-0.2, 0) is 0 Å². The number of carbonyl (C=O) groups excluding carboxylic acids is 1. The number of hydrogen-bond acceptors (Lipinski definition) is 3. The van der Waals surface area contributed by atoms with Crippen molar-refractivity contribution in [2.75, 3.05) is 0 Å². The average Bonchev–Trinajstić information content (AvgIpc) is 2.39. The number of ether oxygens (including phenoxy) is 1. The number of aryl methyl sites for hydroxylation is 2. The van der Waals surface area contributed by atoms with Crippen molar-refractivity contribution in [2.45, 2.75) is 20.8 Å². The standard InChI is InChI=1S/C15H15NO2/c1-10-6-7-11(2)14(12(10)3)18-15-13(9-17)5-4-8-16-15/h4-9H,1-3H3. The van der Waals surface area contributed by atoms with E-state index in [0.717, 1.165) is 28.7 Å². The highest BCUT2D eigenvalue weighted by molar-refractivity contribution is 5.78. The molecule has 1 heterocycles. The number of benzene rings is 1. The first-order valence-electron chi connectivity index (χ1n) is 5.78. The van der Waals surface area contributed by atoms with Gasteiger partial charge in [0, 0.05) is 6.20 Å². The summed E-state index contributed by atoms with van der Waals surface area (Å²) in [5.41, 5.74) is 3.70. The highest BCUT2D eigenvalue weighted by Gasteiger charge is 2.10. The third-order valence-corrected chi connectivity index (χ3v) is 3.00. The topological polar surface area (TPSA) is 39.2 Å². The lowest BCUT2D eigenvalue weighted by atomic mass is 10.1. The Kier molecular flexibility index (Phi) is 3.42. The van der Waals surface area contributed by atoms with E-state index < -0.39 is 0 Å². The summed E-state index contributed by atoms with van der Waals surface area (Å²) in [6.45, 7) is 6.01. The lowest BCUT2D eigenvalue weighted by Gasteiger charge is -2.13. The van der Waals surface area contributed by atoms with Gasteiger partial charge in [0.05, 0.1) is 5.56 Å². The van der Waals surface area contributed by atoms with Crippen molar-refractivity contribution in [1.29, 1.82) is 0 Å². The van der Waals surface area contributed by atoms with Crippen molar-refractivity contribution in [3.05, 3.63) is 52.7 Å². The molecule has 18 heavy (non-hydrogen) atoms. The molecule has 0 aliphatic carbocycles. The molecule has 92 valence electrons. The van der Waals surface area contributed by atoms with Gasteiger partial charge in [-0.3, -0.25) is 4.79 Å². The largest absolute Gasteiger partial charge is 0.438 e. The second kappa shape index (κ2) is 5.00. The highest BCUT2D eigenvalue weighted by atomic mass is 16.5. The summed E-state index contributed by atoms with van der Waals surface area (Å²) in [7, 11) is 0. The molecule has 2 rings (SSSR count). The van der Waals surface area contributed by atoms with Gasteiger partial charge in [0.25, 0.3) is 0 Å². The van der Waals surface area contributed by atoms with Crippen LogP contribution < -0.4 is 4.74 Å². The van der Waals surface area contributed by atoms with Crippen LogP contribution in [0.4, 0.5) is 0 Å². The Morgan fingerprint density at radius 2 is 1.83 bits per heavy atom. The maximum atomic E-state index is 10.9. The summed E-state index contributed by atoms with van der Waals surface area (Å²) >= 11 is 0. The van der Waals surface area contributed by atoms with Gasteiger partial charge in [-0.1, -0.05) is 12.1 Å². The maximum Gasteiger partial charge on any atom is 0.229 e. The fourth-order valence-electron chi connectivity index (χ4n) is 1.76. The van der Waals surface area contributed by atoms with E-state index in [-0.39, 0.29) is 0 Å². The predicted octanol–water partition coefficient (Wildman–Crippen LogP) is 3.61. The molecule has 0 N–H and O–H groups in total. The van der Waals surface area contributed by atoms with E-state index in [9.17, 15) is 4.79 Å². The Morgan fingerprint density at radius 1 is 1.11 bits per heavy atom. The van der Waals surface area contributed by atoms with E-state index in [2.05, 4.69) is 11.1 Å². The summed E-state index contributed by atoms with van der Waals surface area (Å²) in [6, 6.07) is 7.46. The van der Waals surface area contributed by atoms with Gasteiger partial charge in [-0.2, -0.15) is 0 Å². The third-order valence-electron chi connectivity index (χ3n) is 3.00. The van der Waals surface area contributed by atoms with Crippen LogP contribution in [0.15, 0.2) is 30.5 Å². The van der Waals surface area contributed by atoms with Gasteiger partial charge in [0.1, 0.15) is 5.75 Å². The summed E-state index contributed by atoms with van der Waals surface area (Å²) in [6.07, 6.45) is 2.37. The zero-order valence-corrected chi connectivity index (χ0v) is 10.7. The number of nitrogens with zero attached hydrogens (tertiary/aromatic N) is 1. The Bertz CT molecular complexity index is 591. The van der Waals surface area contributed by atoms with Crippen LogP contribution in [0, 0.1) is 20.8 Å². The molecule has 0 amide bonds. The van der Waals surface area contributed by atoms with E-state index in [0.29, 0.717) is 11.4 Å². The Balaban J connectivity index is 2.46. The molecule has 0 spiro atoms. The number of rotatable bonds is 3. The minimum Gasteiger partial charge on any atom is -0.438 e. The lowest BCUT2D eigenvalue weighted by Crippen LogP contribution is -1.97. The molecule has 3 heteroatoms. The molecule has 0 aliphatic rings. The van der Waals surface area contributed by atoms with Gasteiger partial charge in [0.2, 0.25) is 5.88 Å². The minimum absolute atomic E-state index is 0.351. The summed E-state index contributed by atoms with van der Waals surface area (Å²) in [5, 5.41) is 0. The molecule has 0 radical (unpaired) electrons. The molecule has 0 bridgehead atoms. The zero-order chi connectivity index (χ0) is 13.1. The molecule has 0 unspecified atom stereocenters. The maximum absolute atomic E-state index is 10.9. The molecule has 0 fully saturated rings. The van der Waals surface area contributed by atoms with Crippen molar-refractivity contribution in [3.63, 3.8) is 0 Å². The minimum atomic E-state index is 0.351. The number of pyridine rings is 1. The normalized spacial score (nSPS) is 10.2. The van der Waals surface area contributed by atoms with Gasteiger partial charge in [-0.05, 0) is 49.6 Å². The van der Waals surface area contributed by atoms with Crippen molar-refractivity contribution in [1.82, 2.24) is 4.98 Å². The van der Waals surface area contributed by atoms with Gasteiger partial charge in [-0.25, -0.2) is 4.98 Å². The average molecular weight is 241 g/mol. The van der Waals surface area contributed by atoms with Crippen LogP contribution in [0.1, 0.15) is 27.0 Å². The molecular weight excluding hydrogens is 226 g/mol. The Labute approximate surface area is 106 Å². The second-order valence-electron chi connectivity index (χ2n) is 4.27. The summed E-state index contributed by atoms with van der Waals surface area (Å²) in [5.74, 6) is 1.13. The van der Waals surface area contributed by atoms with Crippen molar-refractivity contribution in [2.24, 2.45) is 0 Å². The zero-order valence-electron chi connectivity index (χ0n) is 10.7. The van der Waals surface area contributed by atoms with Crippen molar-refractivity contribution in [3.8, 4) is 11.6 Å². The van der Waals surface area contributed by atoms with Crippen LogP contribution >= 0.6 is 0 Å². The quantitative estimate of drug-likeness (QED) is 0.770. The molecule has 3 nitrogen and oxygen atoms in total. The predicted molar refractivity (Wildman–Crippen MR) is 70.4 cm³/mol. The van der Waals surface area contributed by atoms with Crippen LogP contribution in [-0.4, -0.2) is 11.3 Å². The molecule has 2 aromatic rings. The molecule has 1 aromatic carbocycles. The van der Waals surface area contributed by atoms with E-state index in [1.54, 1.807) is 18.3 Å². The summed E-state index contributed by atoms with van der Waals surface area (Å²) < 4.78 is 5.80. The van der Waals surface area contributed by atoms with Crippen LogP contribution in [0.2, 0.25) is 0 Å². The van der Waals surface area contributed by atoms with Gasteiger partial charge in [0.15, 0.2) is 6.29 Å². The summed E-state index contributed by atoms with van der Waals surface area (Å²) in [4.78, 5) is 15.0. The van der Waals surface area contributed by atoms with E-state index in [1.165, 1.54) is 0 Å².